The fourth-order valence-corrected chi connectivity index (χ4v) is 5.30. The molecule has 0 spiro atoms. The number of allylic oxidation sites excluding steroid dienone is 1. The molecule has 2 atom stereocenters. The van der Waals surface area contributed by atoms with Gasteiger partial charge in [-0.25, -0.2) is 9.78 Å². The average Bonchev–Trinajstić information content (AvgIpc) is 3.34. The molecule has 1 N–H and O–H groups in total. The molecule has 8 heteroatoms. The van der Waals surface area contributed by atoms with Gasteiger partial charge in [0.05, 0.1) is 24.5 Å². The highest BCUT2D eigenvalue weighted by Crippen LogP contribution is 2.41. The van der Waals surface area contributed by atoms with Crippen LogP contribution in [0, 0.1) is 5.92 Å². The number of benzene rings is 2. The van der Waals surface area contributed by atoms with Gasteiger partial charge in [0.15, 0.2) is 0 Å². The summed E-state index contributed by atoms with van der Waals surface area (Å²) in [7, 11) is 0. The Balaban J connectivity index is 1.78. The zero-order chi connectivity index (χ0) is 25.8. The molecule has 0 aliphatic carbocycles. The van der Waals surface area contributed by atoms with Gasteiger partial charge >= 0.3 is 11.9 Å². The number of carbonyl (C=O) groups is 2. The van der Waals surface area contributed by atoms with Crippen molar-refractivity contribution in [1.82, 2.24) is 4.98 Å². The van der Waals surface area contributed by atoms with Crippen molar-refractivity contribution in [2.24, 2.45) is 10.9 Å². The maximum absolute atomic E-state index is 13.1. The van der Waals surface area contributed by atoms with E-state index in [1.54, 1.807) is 45.9 Å². The highest BCUT2D eigenvalue weighted by Gasteiger charge is 2.42. The molecule has 186 valence electrons. The summed E-state index contributed by atoms with van der Waals surface area (Å²) in [6, 6.07) is 14.6. The van der Waals surface area contributed by atoms with E-state index in [-0.39, 0.29) is 19.0 Å². The van der Waals surface area contributed by atoms with Crippen LogP contribution in [0.1, 0.15) is 39.2 Å². The lowest BCUT2D eigenvalue weighted by atomic mass is 9.75. The summed E-state index contributed by atoms with van der Waals surface area (Å²) in [4.78, 5) is 35.4. The number of carbonyl (C=O) groups excluding carboxylic acids is 2. The third-order valence-electron chi connectivity index (χ3n) is 6.00. The Morgan fingerprint density at radius 1 is 1.00 bits per heavy atom. The van der Waals surface area contributed by atoms with Gasteiger partial charge in [0.1, 0.15) is 16.7 Å². The first kappa shape index (κ1) is 25.3. The Bertz CT molecular complexity index is 1360. The first-order chi connectivity index (χ1) is 17.3. The molecule has 0 fully saturated rings. The standard InChI is InChI=1S/C28H28N2O5S/c1-5-34-27(32)23-16(3)29-17(4)24(28(33)35-6-2)25(23)19-10-7-11-20(13-19)26-30-22(15-36-26)18-9-8-12-21(31)14-18/h7-15,23,25,31H,5-6H2,1-4H3. The topological polar surface area (TPSA) is 98.1 Å². The summed E-state index contributed by atoms with van der Waals surface area (Å²) >= 11 is 1.48. The second kappa shape index (κ2) is 10.9. The fourth-order valence-electron chi connectivity index (χ4n) is 4.48. The van der Waals surface area contributed by atoms with E-state index in [1.807, 2.05) is 35.7 Å². The van der Waals surface area contributed by atoms with E-state index in [0.717, 1.165) is 27.4 Å². The van der Waals surface area contributed by atoms with Crippen LogP contribution in [0.2, 0.25) is 0 Å². The van der Waals surface area contributed by atoms with Crippen LogP contribution in [0.3, 0.4) is 0 Å². The van der Waals surface area contributed by atoms with Gasteiger partial charge in [-0.3, -0.25) is 9.79 Å². The number of hydrogen-bond donors (Lipinski definition) is 1. The number of hydrogen-bond acceptors (Lipinski definition) is 8. The summed E-state index contributed by atoms with van der Waals surface area (Å²) in [5.41, 5.74) is 4.68. The number of ether oxygens (including phenoxy) is 2. The summed E-state index contributed by atoms with van der Waals surface area (Å²) < 4.78 is 10.7. The van der Waals surface area contributed by atoms with Crippen LogP contribution in [0.4, 0.5) is 0 Å². The molecule has 0 radical (unpaired) electrons. The van der Waals surface area contributed by atoms with Gasteiger partial charge < -0.3 is 14.6 Å². The van der Waals surface area contributed by atoms with E-state index in [9.17, 15) is 14.7 Å². The molecule has 0 bridgehead atoms. The van der Waals surface area contributed by atoms with Crippen molar-refractivity contribution in [3.8, 4) is 27.6 Å². The third kappa shape index (κ3) is 5.09. The van der Waals surface area contributed by atoms with Crippen molar-refractivity contribution < 1.29 is 24.2 Å². The Morgan fingerprint density at radius 2 is 1.72 bits per heavy atom. The minimum atomic E-state index is -0.748. The fraction of sp³-hybridized carbons (Fsp3) is 0.286. The van der Waals surface area contributed by atoms with Crippen LogP contribution in [-0.2, 0) is 19.1 Å². The number of phenols is 1. The van der Waals surface area contributed by atoms with E-state index < -0.39 is 23.8 Å². The first-order valence-corrected chi connectivity index (χ1v) is 12.7. The van der Waals surface area contributed by atoms with E-state index >= 15 is 0 Å². The predicted octanol–water partition coefficient (Wildman–Crippen LogP) is 5.76. The van der Waals surface area contributed by atoms with Crippen molar-refractivity contribution >= 4 is 29.0 Å². The lowest BCUT2D eigenvalue weighted by Gasteiger charge is -2.31. The second-order valence-electron chi connectivity index (χ2n) is 8.39. The Morgan fingerprint density at radius 3 is 2.44 bits per heavy atom. The normalized spacial score (nSPS) is 17.5. The molecular formula is C28H28N2O5S. The molecule has 1 aliphatic rings. The van der Waals surface area contributed by atoms with Crippen molar-refractivity contribution in [2.45, 2.75) is 33.6 Å². The van der Waals surface area contributed by atoms with E-state index in [2.05, 4.69) is 4.99 Å². The molecule has 0 saturated heterocycles. The van der Waals surface area contributed by atoms with Crippen molar-refractivity contribution in [3.63, 3.8) is 0 Å². The first-order valence-electron chi connectivity index (χ1n) is 11.8. The predicted molar refractivity (Wildman–Crippen MR) is 140 cm³/mol. The van der Waals surface area contributed by atoms with Crippen LogP contribution >= 0.6 is 11.3 Å². The maximum atomic E-state index is 13.1. The number of aromatic nitrogens is 1. The number of aromatic hydroxyl groups is 1. The summed E-state index contributed by atoms with van der Waals surface area (Å²) in [5, 5.41) is 12.5. The van der Waals surface area contributed by atoms with E-state index in [4.69, 9.17) is 14.5 Å². The molecule has 1 aliphatic heterocycles. The number of esters is 2. The Labute approximate surface area is 214 Å². The minimum Gasteiger partial charge on any atom is -0.508 e. The van der Waals surface area contributed by atoms with Crippen LogP contribution in [0.25, 0.3) is 21.8 Å². The minimum absolute atomic E-state index is 0.178. The van der Waals surface area contributed by atoms with E-state index in [1.165, 1.54) is 11.3 Å². The van der Waals surface area contributed by atoms with Gasteiger partial charge in [-0.15, -0.1) is 11.3 Å². The van der Waals surface area contributed by atoms with Crippen molar-refractivity contribution in [3.05, 3.63) is 70.7 Å². The molecule has 3 aromatic rings. The van der Waals surface area contributed by atoms with Gasteiger partial charge in [0.2, 0.25) is 0 Å². The van der Waals surface area contributed by atoms with Gasteiger partial charge in [-0.1, -0.05) is 30.3 Å². The quantitative estimate of drug-likeness (QED) is 0.411. The largest absolute Gasteiger partial charge is 0.508 e. The van der Waals surface area contributed by atoms with Gasteiger partial charge in [-0.05, 0) is 51.5 Å². The molecule has 1 aromatic heterocycles. The second-order valence-corrected chi connectivity index (χ2v) is 9.25. The van der Waals surface area contributed by atoms with Crippen molar-refractivity contribution in [1.29, 1.82) is 0 Å². The van der Waals surface area contributed by atoms with Crippen molar-refractivity contribution in [2.75, 3.05) is 13.2 Å². The molecule has 2 heterocycles. The molecule has 4 rings (SSSR count). The highest BCUT2D eigenvalue weighted by atomic mass is 32.1. The molecular weight excluding hydrogens is 476 g/mol. The van der Waals surface area contributed by atoms with E-state index in [0.29, 0.717) is 17.0 Å². The Kier molecular flexibility index (Phi) is 7.64. The molecule has 7 nitrogen and oxygen atoms in total. The zero-order valence-electron chi connectivity index (χ0n) is 20.6. The van der Waals surface area contributed by atoms with Crippen LogP contribution < -0.4 is 0 Å². The zero-order valence-corrected chi connectivity index (χ0v) is 21.5. The van der Waals surface area contributed by atoms with Crippen LogP contribution in [0.5, 0.6) is 5.75 Å². The number of thiazole rings is 1. The number of phenolic OH excluding ortho intramolecular Hbond substituents is 1. The van der Waals surface area contributed by atoms with Gasteiger partial charge in [-0.2, -0.15) is 0 Å². The highest BCUT2D eigenvalue weighted by molar-refractivity contribution is 7.13. The van der Waals surface area contributed by atoms with Crippen LogP contribution in [0.15, 0.2) is 70.2 Å². The third-order valence-corrected chi connectivity index (χ3v) is 6.89. The van der Waals surface area contributed by atoms with Gasteiger partial charge in [0.25, 0.3) is 0 Å². The SMILES string of the molecule is CCOC(=O)C1=C(C)N=C(C)C(C(=O)OCC)C1c1cccc(-c2nc(-c3cccc(O)c3)cs2)c1. The summed E-state index contributed by atoms with van der Waals surface area (Å²) in [6.45, 7) is 7.48. The number of aliphatic imine (C=N–C) groups is 1. The molecule has 0 saturated carbocycles. The summed E-state index contributed by atoms with van der Waals surface area (Å²) in [6.07, 6.45) is 0. The van der Waals surface area contributed by atoms with Crippen LogP contribution in [-0.4, -0.2) is 41.0 Å². The maximum Gasteiger partial charge on any atom is 0.336 e. The summed E-state index contributed by atoms with van der Waals surface area (Å²) in [5.74, 6) is -2.09. The monoisotopic (exact) mass is 504 g/mol. The smallest absolute Gasteiger partial charge is 0.336 e. The number of nitrogens with zero attached hydrogens (tertiary/aromatic N) is 2. The molecule has 36 heavy (non-hydrogen) atoms. The Hall–Kier alpha value is -3.78. The molecule has 2 unspecified atom stereocenters. The lowest BCUT2D eigenvalue weighted by Crippen LogP contribution is -2.36. The lowest BCUT2D eigenvalue weighted by molar-refractivity contribution is -0.146. The number of rotatable bonds is 7. The molecule has 0 amide bonds. The molecule has 2 aromatic carbocycles. The van der Waals surface area contributed by atoms with Gasteiger partial charge in [0, 0.05) is 33.8 Å². The average molecular weight is 505 g/mol.